The Hall–Kier alpha value is -1.94. The second-order valence-electron chi connectivity index (χ2n) is 3.47. The standard InChI is InChI=1S/C13H15NO3/c1-14(13(16)10-17-2)12(15)9-8-11-6-4-3-5-7-11/h3-9H,10H2,1-2H3. The molecular weight excluding hydrogens is 218 g/mol. The first-order valence-electron chi connectivity index (χ1n) is 5.17. The van der Waals surface area contributed by atoms with E-state index in [-0.39, 0.29) is 18.4 Å². The van der Waals surface area contributed by atoms with Gasteiger partial charge in [0.1, 0.15) is 6.61 Å². The number of methoxy groups -OCH3 is 1. The minimum absolute atomic E-state index is 0.0958. The number of imide groups is 1. The number of ether oxygens (including phenoxy) is 1. The Bertz CT molecular complexity index is 412. The van der Waals surface area contributed by atoms with Crippen molar-refractivity contribution >= 4 is 17.9 Å². The summed E-state index contributed by atoms with van der Waals surface area (Å²) >= 11 is 0. The normalized spacial score (nSPS) is 10.5. The summed E-state index contributed by atoms with van der Waals surface area (Å²) in [5, 5.41) is 0. The van der Waals surface area contributed by atoms with Crippen LogP contribution in [0.5, 0.6) is 0 Å². The first-order valence-corrected chi connectivity index (χ1v) is 5.17. The van der Waals surface area contributed by atoms with Crippen molar-refractivity contribution in [3.63, 3.8) is 0 Å². The number of hydrogen-bond donors (Lipinski definition) is 0. The van der Waals surface area contributed by atoms with E-state index in [4.69, 9.17) is 0 Å². The van der Waals surface area contributed by atoms with Crippen LogP contribution in [0.15, 0.2) is 36.4 Å². The minimum Gasteiger partial charge on any atom is -0.375 e. The highest BCUT2D eigenvalue weighted by atomic mass is 16.5. The lowest BCUT2D eigenvalue weighted by atomic mass is 10.2. The maximum atomic E-state index is 11.6. The molecule has 2 amide bonds. The largest absolute Gasteiger partial charge is 0.375 e. The predicted octanol–water partition coefficient (Wildman–Crippen LogP) is 1.33. The number of carbonyl (C=O) groups excluding carboxylic acids is 2. The molecule has 17 heavy (non-hydrogen) atoms. The van der Waals surface area contributed by atoms with Crippen molar-refractivity contribution in [1.82, 2.24) is 4.90 Å². The number of nitrogens with zero attached hydrogens (tertiary/aromatic N) is 1. The maximum absolute atomic E-state index is 11.6. The van der Waals surface area contributed by atoms with Gasteiger partial charge in [-0.2, -0.15) is 0 Å². The number of benzene rings is 1. The van der Waals surface area contributed by atoms with E-state index in [1.807, 2.05) is 30.3 Å². The quantitative estimate of drug-likeness (QED) is 0.737. The van der Waals surface area contributed by atoms with Gasteiger partial charge in [0.05, 0.1) is 0 Å². The summed E-state index contributed by atoms with van der Waals surface area (Å²) in [4.78, 5) is 24.0. The van der Waals surface area contributed by atoms with Gasteiger partial charge in [0.2, 0.25) is 0 Å². The molecule has 0 aliphatic rings. The Morgan fingerprint density at radius 2 is 1.94 bits per heavy atom. The van der Waals surface area contributed by atoms with E-state index in [1.165, 1.54) is 20.2 Å². The fourth-order valence-corrected chi connectivity index (χ4v) is 1.19. The summed E-state index contributed by atoms with van der Waals surface area (Å²) in [6, 6.07) is 9.41. The molecule has 0 aliphatic carbocycles. The Kier molecular flexibility index (Phi) is 5.10. The van der Waals surface area contributed by atoms with Gasteiger partial charge >= 0.3 is 0 Å². The van der Waals surface area contributed by atoms with E-state index >= 15 is 0 Å². The summed E-state index contributed by atoms with van der Waals surface area (Å²) in [5.74, 6) is -0.730. The summed E-state index contributed by atoms with van der Waals surface area (Å²) in [5.41, 5.74) is 0.911. The van der Waals surface area contributed by atoms with Crippen molar-refractivity contribution in [2.75, 3.05) is 20.8 Å². The average Bonchev–Trinajstić information content (AvgIpc) is 2.36. The SMILES string of the molecule is COCC(=O)N(C)C(=O)C=Cc1ccccc1. The second-order valence-corrected chi connectivity index (χ2v) is 3.47. The van der Waals surface area contributed by atoms with Gasteiger partial charge in [-0.1, -0.05) is 30.3 Å². The zero-order valence-electron chi connectivity index (χ0n) is 9.92. The van der Waals surface area contributed by atoms with Gasteiger partial charge in [-0.3, -0.25) is 14.5 Å². The van der Waals surface area contributed by atoms with E-state index in [9.17, 15) is 9.59 Å². The van der Waals surface area contributed by atoms with Crippen molar-refractivity contribution in [3.05, 3.63) is 42.0 Å². The number of rotatable bonds is 4. The van der Waals surface area contributed by atoms with Crippen molar-refractivity contribution in [2.24, 2.45) is 0 Å². The van der Waals surface area contributed by atoms with Crippen LogP contribution >= 0.6 is 0 Å². The third-order valence-corrected chi connectivity index (χ3v) is 2.19. The molecular formula is C13H15NO3. The third kappa shape index (κ3) is 4.20. The van der Waals surface area contributed by atoms with E-state index in [1.54, 1.807) is 6.08 Å². The Balaban J connectivity index is 2.60. The molecule has 0 fully saturated rings. The molecule has 1 rings (SSSR count). The minimum atomic E-state index is -0.366. The molecule has 0 unspecified atom stereocenters. The summed E-state index contributed by atoms with van der Waals surface area (Å²) in [7, 11) is 2.84. The van der Waals surface area contributed by atoms with Crippen molar-refractivity contribution in [1.29, 1.82) is 0 Å². The highest BCUT2D eigenvalue weighted by Crippen LogP contribution is 2.01. The van der Waals surface area contributed by atoms with Crippen LogP contribution in [0.3, 0.4) is 0 Å². The van der Waals surface area contributed by atoms with E-state index in [0.717, 1.165) is 10.5 Å². The van der Waals surface area contributed by atoms with Gasteiger partial charge in [-0.05, 0) is 11.6 Å². The molecule has 1 aromatic rings. The Morgan fingerprint density at radius 1 is 1.29 bits per heavy atom. The summed E-state index contributed by atoms with van der Waals surface area (Å²) in [6.07, 6.45) is 3.03. The zero-order valence-corrected chi connectivity index (χ0v) is 9.92. The van der Waals surface area contributed by atoms with Crippen LogP contribution in [0, 0.1) is 0 Å². The molecule has 0 aliphatic heterocycles. The lowest BCUT2D eigenvalue weighted by Gasteiger charge is -2.11. The first-order chi connectivity index (χ1) is 8.15. The van der Waals surface area contributed by atoms with Gasteiger partial charge in [0.15, 0.2) is 0 Å². The Morgan fingerprint density at radius 3 is 2.53 bits per heavy atom. The number of hydrogen-bond acceptors (Lipinski definition) is 3. The molecule has 4 nitrogen and oxygen atoms in total. The topological polar surface area (TPSA) is 46.6 Å². The van der Waals surface area contributed by atoms with Crippen molar-refractivity contribution < 1.29 is 14.3 Å². The van der Waals surface area contributed by atoms with Crippen LogP contribution in [0.2, 0.25) is 0 Å². The van der Waals surface area contributed by atoms with Gasteiger partial charge in [0, 0.05) is 20.2 Å². The van der Waals surface area contributed by atoms with E-state index in [2.05, 4.69) is 4.74 Å². The molecule has 4 heteroatoms. The van der Waals surface area contributed by atoms with Crippen LogP contribution < -0.4 is 0 Å². The highest BCUT2D eigenvalue weighted by Gasteiger charge is 2.13. The molecule has 0 saturated carbocycles. The second kappa shape index (κ2) is 6.60. The molecule has 0 N–H and O–H groups in total. The smallest absolute Gasteiger partial charge is 0.255 e. The van der Waals surface area contributed by atoms with Crippen LogP contribution in [0.4, 0.5) is 0 Å². The van der Waals surface area contributed by atoms with E-state index < -0.39 is 0 Å². The van der Waals surface area contributed by atoms with Crippen molar-refractivity contribution in [2.45, 2.75) is 0 Å². The maximum Gasteiger partial charge on any atom is 0.255 e. The molecule has 1 aromatic carbocycles. The average molecular weight is 233 g/mol. The molecule has 0 bridgehead atoms. The molecule has 0 heterocycles. The summed E-state index contributed by atoms with van der Waals surface area (Å²) < 4.78 is 4.67. The van der Waals surface area contributed by atoms with Gasteiger partial charge in [0.25, 0.3) is 11.8 Å². The molecule has 0 atom stereocenters. The Labute approximate surface area is 100 Å². The van der Waals surface area contributed by atoms with Gasteiger partial charge < -0.3 is 4.74 Å². The number of carbonyl (C=O) groups is 2. The number of amides is 2. The van der Waals surface area contributed by atoms with Crippen LogP contribution in [0.25, 0.3) is 6.08 Å². The third-order valence-electron chi connectivity index (χ3n) is 2.19. The predicted molar refractivity (Wildman–Crippen MR) is 65.1 cm³/mol. The fraction of sp³-hybridized carbons (Fsp3) is 0.231. The van der Waals surface area contributed by atoms with E-state index in [0.29, 0.717) is 0 Å². The first kappa shape index (κ1) is 13.1. The van der Waals surface area contributed by atoms with Crippen molar-refractivity contribution in [3.8, 4) is 0 Å². The van der Waals surface area contributed by atoms with Gasteiger partial charge in [-0.15, -0.1) is 0 Å². The van der Waals surface area contributed by atoms with Crippen LogP contribution in [-0.4, -0.2) is 37.5 Å². The molecule has 0 spiro atoms. The monoisotopic (exact) mass is 233 g/mol. The fourth-order valence-electron chi connectivity index (χ4n) is 1.19. The zero-order chi connectivity index (χ0) is 12.7. The lowest BCUT2D eigenvalue weighted by molar-refractivity contribution is -0.142. The van der Waals surface area contributed by atoms with Gasteiger partial charge in [-0.25, -0.2) is 0 Å². The molecule has 0 radical (unpaired) electrons. The number of likely N-dealkylation sites (N-methyl/N-ethyl adjacent to an activating group) is 1. The molecule has 90 valence electrons. The molecule has 0 saturated heterocycles. The van der Waals surface area contributed by atoms with Crippen LogP contribution in [0.1, 0.15) is 5.56 Å². The molecule has 0 aromatic heterocycles. The van der Waals surface area contributed by atoms with Crippen LogP contribution in [-0.2, 0) is 14.3 Å². The summed E-state index contributed by atoms with van der Waals surface area (Å²) in [6.45, 7) is -0.0958. The highest BCUT2D eigenvalue weighted by molar-refractivity contribution is 6.02. The lowest BCUT2D eigenvalue weighted by Crippen LogP contribution is -2.34.